The molecule has 0 radical (unpaired) electrons. The van der Waals surface area contributed by atoms with Crippen molar-refractivity contribution >= 4 is 38.7 Å². The molecule has 2 N–H and O–H groups in total. The van der Waals surface area contributed by atoms with E-state index in [1.54, 1.807) is 6.07 Å². The van der Waals surface area contributed by atoms with Gasteiger partial charge in [-0.25, -0.2) is 18.5 Å². The number of thioether (sulfide) groups is 1. The highest BCUT2D eigenvalue weighted by Crippen LogP contribution is 2.27. The Morgan fingerprint density at radius 3 is 2.82 bits per heavy atom. The summed E-state index contributed by atoms with van der Waals surface area (Å²) in [7, 11) is -3.78. The van der Waals surface area contributed by atoms with Crippen molar-refractivity contribution in [3.05, 3.63) is 18.2 Å². The average Bonchev–Trinajstić information content (AvgIpc) is 3.00. The number of aryl methyl sites for hydroxylation is 1. The van der Waals surface area contributed by atoms with E-state index in [0.29, 0.717) is 11.3 Å². The molecule has 0 bridgehead atoms. The highest BCUT2D eigenvalue weighted by atomic mass is 32.2. The van der Waals surface area contributed by atoms with Gasteiger partial charge in [-0.1, -0.05) is 25.1 Å². The quantitative estimate of drug-likeness (QED) is 0.689. The van der Waals surface area contributed by atoms with E-state index in [4.69, 9.17) is 5.14 Å². The van der Waals surface area contributed by atoms with Gasteiger partial charge in [-0.05, 0) is 50.8 Å². The van der Waals surface area contributed by atoms with Crippen LogP contribution >= 0.6 is 11.8 Å². The number of rotatable bonds is 7. The Hall–Kier alpha value is -1.58. The lowest BCUT2D eigenvalue weighted by Crippen LogP contribution is -2.42. The number of aromatic nitrogens is 2. The molecule has 2 aromatic rings. The van der Waals surface area contributed by atoms with Crippen LogP contribution in [0.4, 0.5) is 0 Å². The zero-order valence-corrected chi connectivity index (χ0v) is 18.1. The van der Waals surface area contributed by atoms with Crippen LogP contribution in [0.25, 0.3) is 11.0 Å². The normalized spacial score (nSPS) is 18.0. The third-order valence-corrected chi connectivity index (χ3v) is 7.07. The van der Waals surface area contributed by atoms with Gasteiger partial charge >= 0.3 is 0 Å². The Balaban J connectivity index is 1.84. The lowest BCUT2D eigenvalue weighted by atomic mass is 10.0. The van der Waals surface area contributed by atoms with E-state index in [0.717, 1.165) is 49.4 Å². The molecule has 28 heavy (non-hydrogen) atoms. The molecule has 1 aliphatic heterocycles. The molecule has 9 heteroatoms. The van der Waals surface area contributed by atoms with Gasteiger partial charge in [-0.2, -0.15) is 0 Å². The van der Waals surface area contributed by atoms with Gasteiger partial charge < -0.3 is 9.47 Å². The van der Waals surface area contributed by atoms with Gasteiger partial charge in [0.1, 0.15) is 0 Å². The van der Waals surface area contributed by atoms with Crippen LogP contribution in [0.3, 0.4) is 0 Å². The second-order valence-electron chi connectivity index (χ2n) is 7.32. The van der Waals surface area contributed by atoms with Gasteiger partial charge in [0, 0.05) is 19.1 Å². The Morgan fingerprint density at radius 2 is 2.14 bits per heavy atom. The van der Waals surface area contributed by atoms with E-state index < -0.39 is 10.0 Å². The first-order valence-corrected chi connectivity index (χ1v) is 12.3. The maximum Gasteiger partial charge on any atom is 0.238 e. The molecule has 1 atom stereocenters. The lowest BCUT2D eigenvalue weighted by molar-refractivity contribution is -0.131. The molecule has 1 amide bonds. The van der Waals surface area contributed by atoms with E-state index in [1.165, 1.54) is 30.3 Å². The number of amides is 1. The number of imidazole rings is 1. The molecular weight excluding hydrogens is 396 g/mol. The van der Waals surface area contributed by atoms with Crippen molar-refractivity contribution in [3.8, 4) is 0 Å². The van der Waals surface area contributed by atoms with Crippen molar-refractivity contribution in [2.75, 3.05) is 12.3 Å². The largest absolute Gasteiger partial charge is 0.339 e. The predicted octanol–water partition coefficient (Wildman–Crippen LogP) is 2.98. The molecule has 1 fully saturated rings. The summed E-state index contributed by atoms with van der Waals surface area (Å²) in [5.74, 6) is 0.471. The van der Waals surface area contributed by atoms with E-state index in [2.05, 4.69) is 23.4 Å². The van der Waals surface area contributed by atoms with Crippen LogP contribution < -0.4 is 5.14 Å². The monoisotopic (exact) mass is 424 g/mol. The summed E-state index contributed by atoms with van der Waals surface area (Å²) < 4.78 is 25.4. The minimum atomic E-state index is -3.78. The number of piperidine rings is 1. The second kappa shape index (κ2) is 8.84. The number of carbonyl (C=O) groups excluding carboxylic acids is 1. The summed E-state index contributed by atoms with van der Waals surface area (Å²) in [5.41, 5.74) is 1.45. The molecule has 1 aromatic carbocycles. The third-order valence-electron chi connectivity index (χ3n) is 5.20. The standard InChI is InChI=1S/C19H28N4O3S2/c1-3-4-10-23-17-9-8-15(28(20,25)26)12-16(17)21-19(23)27-13-18(24)22-11-6-5-7-14(22)2/h8-9,12,14H,3-7,10-11,13H2,1-2H3,(H2,20,25,26)/t14-/m1/s1. The lowest BCUT2D eigenvalue weighted by Gasteiger charge is -2.33. The average molecular weight is 425 g/mol. The molecule has 7 nitrogen and oxygen atoms in total. The molecule has 154 valence electrons. The van der Waals surface area contributed by atoms with Crippen LogP contribution in [-0.4, -0.2) is 47.1 Å². The number of fused-ring (bicyclic) bond motifs is 1. The summed E-state index contributed by atoms with van der Waals surface area (Å²) in [6.45, 7) is 5.82. The smallest absolute Gasteiger partial charge is 0.238 e. The number of nitrogens with zero attached hydrogens (tertiary/aromatic N) is 3. The number of hydrogen-bond acceptors (Lipinski definition) is 5. The Bertz CT molecular complexity index is 955. The Kier molecular flexibility index (Phi) is 6.67. The first kappa shape index (κ1) is 21.1. The fraction of sp³-hybridized carbons (Fsp3) is 0.579. The van der Waals surface area contributed by atoms with Gasteiger partial charge in [0.15, 0.2) is 5.16 Å². The minimum absolute atomic E-state index is 0.0508. The number of carbonyl (C=O) groups is 1. The molecule has 0 unspecified atom stereocenters. The van der Waals surface area contributed by atoms with Crippen molar-refractivity contribution in [1.82, 2.24) is 14.5 Å². The SMILES string of the molecule is CCCCn1c(SCC(=O)N2CCCC[C@H]2C)nc2cc(S(N)(=O)=O)ccc21. The van der Waals surface area contributed by atoms with Gasteiger partial charge in [0.2, 0.25) is 15.9 Å². The minimum Gasteiger partial charge on any atom is -0.339 e. The van der Waals surface area contributed by atoms with Crippen molar-refractivity contribution in [3.63, 3.8) is 0 Å². The number of hydrogen-bond donors (Lipinski definition) is 1. The number of primary sulfonamides is 1. The van der Waals surface area contributed by atoms with E-state index in [1.807, 2.05) is 4.90 Å². The van der Waals surface area contributed by atoms with Crippen molar-refractivity contribution < 1.29 is 13.2 Å². The predicted molar refractivity (Wildman–Crippen MR) is 112 cm³/mol. The van der Waals surface area contributed by atoms with Crippen LogP contribution in [0.2, 0.25) is 0 Å². The summed E-state index contributed by atoms with van der Waals surface area (Å²) in [6, 6.07) is 5.05. The van der Waals surface area contributed by atoms with E-state index in [9.17, 15) is 13.2 Å². The maximum absolute atomic E-state index is 12.7. The maximum atomic E-state index is 12.7. The molecule has 0 aliphatic carbocycles. The van der Waals surface area contributed by atoms with Crippen LogP contribution in [0.1, 0.15) is 46.0 Å². The Morgan fingerprint density at radius 1 is 1.36 bits per heavy atom. The number of unbranched alkanes of at least 4 members (excludes halogenated alkanes) is 1. The summed E-state index contributed by atoms with van der Waals surface area (Å²) in [6.07, 6.45) is 5.31. The topological polar surface area (TPSA) is 98.3 Å². The number of sulfonamides is 1. The van der Waals surface area contributed by atoms with Crippen molar-refractivity contribution in [1.29, 1.82) is 0 Å². The van der Waals surface area contributed by atoms with Gasteiger partial charge in [-0.15, -0.1) is 0 Å². The van der Waals surface area contributed by atoms with Gasteiger partial charge in [0.05, 0.1) is 21.7 Å². The van der Waals surface area contributed by atoms with Crippen LogP contribution in [-0.2, 0) is 21.4 Å². The molecule has 0 spiro atoms. The first-order chi connectivity index (χ1) is 13.3. The molecule has 1 aliphatic rings. The van der Waals surface area contributed by atoms with E-state index >= 15 is 0 Å². The van der Waals surface area contributed by atoms with Crippen LogP contribution in [0, 0.1) is 0 Å². The molecule has 0 saturated carbocycles. The van der Waals surface area contributed by atoms with Crippen LogP contribution in [0.5, 0.6) is 0 Å². The molecular formula is C19H28N4O3S2. The first-order valence-electron chi connectivity index (χ1n) is 9.76. The highest BCUT2D eigenvalue weighted by Gasteiger charge is 2.24. The number of benzene rings is 1. The fourth-order valence-corrected chi connectivity index (χ4v) is 5.05. The Labute approximate surface area is 170 Å². The zero-order valence-electron chi connectivity index (χ0n) is 16.4. The molecule has 1 saturated heterocycles. The van der Waals surface area contributed by atoms with Crippen molar-refractivity contribution in [2.45, 2.75) is 68.6 Å². The van der Waals surface area contributed by atoms with Crippen LogP contribution in [0.15, 0.2) is 28.3 Å². The second-order valence-corrected chi connectivity index (χ2v) is 9.82. The van der Waals surface area contributed by atoms with Crippen molar-refractivity contribution in [2.24, 2.45) is 5.14 Å². The zero-order chi connectivity index (χ0) is 20.3. The molecule has 1 aromatic heterocycles. The summed E-state index contributed by atoms with van der Waals surface area (Å²) >= 11 is 1.42. The third kappa shape index (κ3) is 4.69. The molecule has 3 rings (SSSR count). The molecule has 2 heterocycles. The summed E-state index contributed by atoms with van der Waals surface area (Å²) in [5, 5.41) is 5.99. The number of likely N-dealkylation sites (tertiary alicyclic amines) is 1. The van der Waals surface area contributed by atoms with Gasteiger partial charge in [-0.3, -0.25) is 4.79 Å². The fourth-order valence-electron chi connectivity index (χ4n) is 3.58. The highest BCUT2D eigenvalue weighted by molar-refractivity contribution is 7.99. The van der Waals surface area contributed by atoms with E-state index in [-0.39, 0.29) is 16.8 Å². The van der Waals surface area contributed by atoms with Gasteiger partial charge in [0.25, 0.3) is 0 Å². The summed E-state index contributed by atoms with van der Waals surface area (Å²) in [4.78, 5) is 19.3. The number of nitrogens with two attached hydrogens (primary N) is 1.